The molecule has 18 heavy (non-hydrogen) atoms. The Balaban J connectivity index is 2.16. The van der Waals surface area contributed by atoms with Crippen molar-refractivity contribution in [3.63, 3.8) is 0 Å². The summed E-state index contributed by atoms with van der Waals surface area (Å²) >= 11 is 1.44. The molecule has 100 valence electrons. The van der Waals surface area contributed by atoms with Gasteiger partial charge in [0.25, 0.3) is 5.91 Å². The maximum absolute atomic E-state index is 12.5. The van der Waals surface area contributed by atoms with Crippen LogP contribution in [-0.2, 0) is 0 Å². The zero-order chi connectivity index (χ0) is 13.1. The lowest BCUT2D eigenvalue weighted by Gasteiger charge is -2.37. The topological polar surface area (TPSA) is 55.6 Å². The molecule has 2 atom stereocenters. The first kappa shape index (κ1) is 13.4. The van der Waals surface area contributed by atoms with Crippen LogP contribution in [0.25, 0.3) is 0 Å². The summed E-state index contributed by atoms with van der Waals surface area (Å²) in [6.07, 6.45) is 2.14. The molecule has 1 aromatic heterocycles. The van der Waals surface area contributed by atoms with Gasteiger partial charge in [0.15, 0.2) is 0 Å². The van der Waals surface area contributed by atoms with Crippen LogP contribution in [0.4, 0.5) is 0 Å². The van der Waals surface area contributed by atoms with Gasteiger partial charge in [0.05, 0.1) is 7.11 Å². The Morgan fingerprint density at radius 2 is 2.39 bits per heavy atom. The highest BCUT2D eigenvalue weighted by atomic mass is 32.1. The molecule has 1 saturated heterocycles. The summed E-state index contributed by atoms with van der Waals surface area (Å²) in [4.78, 5) is 15.2. The molecule has 2 N–H and O–H groups in total. The zero-order valence-electron chi connectivity index (χ0n) is 10.9. The first-order valence-corrected chi connectivity index (χ1v) is 7.17. The van der Waals surface area contributed by atoms with Crippen LogP contribution < -0.4 is 10.5 Å². The van der Waals surface area contributed by atoms with Gasteiger partial charge in [-0.1, -0.05) is 0 Å². The molecular formula is C13H20N2O2S. The number of ether oxygens (including phenoxy) is 1. The van der Waals surface area contributed by atoms with E-state index in [2.05, 4.69) is 6.92 Å². The summed E-state index contributed by atoms with van der Waals surface area (Å²) in [5, 5.41) is 1.89. The molecule has 1 aromatic rings. The molecule has 0 saturated carbocycles. The molecule has 0 aromatic carbocycles. The van der Waals surface area contributed by atoms with E-state index in [9.17, 15) is 4.79 Å². The summed E-state index contributed by atoms with van der Waals surface area (Å²) in [5.74, 6) is 1.18. The van der Waals surface area contributed by atoms with Crippen LogP contribution >= 0.6 is 11.3 Å². The Labute approximate surface area is 112 Å². The van der Waals surface area contributed by atoms with E-state index < -0.39 is 0 Å². The predicted molar refractivity (Wildman–Crippen MR) is 73.1 cm³/mol. The largest absolute Gasteiger partial charge is 0.495 e. The van der Waals surface area contributed by atoms with Gasteiger partial charge in [-0.15, -0.1) is 11.3 Å². The van der Waals surface area contributed by atoms with Crippen molar-refractivity contribution in [3.05, 3.63) is 16.3 Å². The van der Waals surface area contributed by atoms with Crippen LogP contribution in [0.1, 0.15) is 29.4 Å². The summed E-state index contributed by atoms with van der Waals surface area (Å²) < 4.78 is 5.22. The van der Waals surface area contributed by atoms with E-state index in [1.54, 1.807) is 7.11 Å². The quantitative estimate of drug-likeness (QED) is 0.911. The molecule has 0 radical (unpaired) electrons. The van der Waals surface area contributed by atoms with Gasteiger partial charge in [-0.2, -0.15) is 0 Å². The molecule has 2 unspecified atom stereocenters. The maximum Gasteiger partial charge on any atom is 0.267 e. The summed E-state index contributed by atoms with van der Waals surface area (Å²) in [6, 6.07) is 2.12. The van der Waals surface area contributed by atoms with Crippen molar-refractivity contribution in [2.45, 2.75) is 25.8 Å². The third-order valence-corrected chi connectivity index (χ3v) is 4.50. The van der Waals surface area contributed by atoms with Crippen molar-refractivity contribution >= 4 is 17.2 Å². The Hall–Kier alpha value is -1.07. The number of hydrogen-bond donors (Lipinski definition) is 1. The minimum atomic E-state index is 0.0764. The van der Waals surface area contributed by atoms with Crippen LogP contribution in [0.2, 0.25) is 0 Å². The van der Waals surface area contributed by atoms with E-state index in [4.69, 9.17) is 10.5 Å². The summed E-state index contributed by atoms with van der Waals surface area (Å²) in [7, 11) is 1.60. The fourth-order valence-electron chi connectivity index (χ4n) is 2.40. The fraction of sp³-hybridized carbons (Fsp3) is 0.615. The van der Waals surface area contributed by atoms with Gasteiger partial charge in [-0.3, -0.25) is 4.79 Å². The highest BCUT2D eigenvalue weighted by Crippen LogP contribution is 2.29. The molecule has 2 heterocycles. The normalized spacial score (nSPS) is 24.1. The Bertz CT molecular complexity index is 419. The molecule has 0 spiro atoms. The van der Waals surface area contributed by atoms with E-state index in [1.165, 1.54) is 11.3 Å². The van der Waals surface area contributed by atoms with Crippen LogP contribution in [0.3, 0.4) is 0 Å². The third kappa shape index (κ3) is 2.52. The van der Waals surface area contributed by atoms with E-state index in [1.807, 2.05) is 16.3 Å². The minimum absolute atomic E-state index is 0.0764. The Kier molecular flexibility index (Phi) is 4.24. The van der Waals surface area contributed by atoms with Crippen molar-refractivity contribution in [2.24, 2.45) is 11.7 Å². The standard InChI is InChI=1S/C13H20N2O2S/c1-9-3-4-10(7-14)8-15(9)13(16)12-11(17-2)5-6-18-12/h5-6,9-10H,3-4,7-8,14H2,1-2H3. The van der Waals surface area contributed by atoms with Crippen molar-refractivity contribution in [3.8, 4) is 5.75 Å². The van der Waals surface area contributed by atoms with Crippen LogP contribution in [-0.4, -0.2) is 37.0 Å². The number of hydrogen-bond acceptors (Lipinski definition) is 4. The zero-order valence-corrected chi connectivity index (χ0v) is 11.7. The van der Waals surface area contributed by atoms with E-state index in [0.29, 0.717) is 23.1 Å². The number of nitrogens with zero attached hydrogens (tertiary/aromatic N) is 1. The van der Waals surface area contributed by atoms with Crippen LogP contribution in [0.5, 0.6) is 5.75 Å². The second kappa shape index (κ2) is 5.71. The van der Waals surface area contributed by atoms with Gasteiger partial charge in [0, 0.05) is 12.6 Å². The number of nitrogens with two attached hydrogens (primary N) is 1. The van der Waals surface area contributed by atoms with Crippen LogP contribution in [0, 0.1) is 5.92 Å². The van der Waals surface area contributed by atoms with Gasteiger partial charge < -0.3 is 15.4 Å². The van der Waals surface area contributed by atoms with E-state index in [0.717, 1.165) is 19.4 Å². The molecule has 1 aliphatic heterocycles. The number of piperidine rings is 1. The number of carbonyl (C=O) groups excluding carboxylic acids is 1. The number of likely N-dealkylation sites (tertiary alicyclic amines) is 1. The van der Waals surface area contributed by atoms with Gasteiger partial charge in [-0.25, -0.2) is 0 Å². The van der Waals surface area contributed by atoms with Gasteiger partial charge in [-0.05, 0) is 43.7 Å². The summed E-state index contributed by atoms with van der Waals surface area (Å²) in [6.45, 7) is 3.51. The monoisotopic (exact) mass is 268 g/mol. The van der Waals surface area contributed by atoms with E-state index >= 15 is 0 Å². The van der Waals surface area contributed by atoms with Gasteiger partial charge in [0.2, 0.25) is 0 Å². The number of rotatable bonds is 3. The molecule has 1 amide bonds. The second-order valence-electron chi connectivity index (χ2n) is 4.80. The molecular weight excluding hydrogens is 248 g/mol. The maximum atomic E-state index is 12.5. The lowest BCUT2D eigenvalue weighted by Crippen LogP contribution is -2.47. The highest BCUT2D eigenvalue weighted by Gasteiger charge is 2.30. The minimum Gasteiger partial charge on any atom is -0.495 e. The lowest BCUT2D eigenvalue weighted by molar-refractivity contribution is 0.0569. The third-order valence-electron chi connectivity index (χ3n) is 3.62. The molecule has 0 aliphatic carbocycles. The number of amides is 1. The van der Waals surface area contributed by atoms with Gasteiger partial charge >= 0.3 is 0 Å². The molecule has 0 bridgehead atoms. The molecule has 5 heteroatoms. The van der Waals surface area contributed by atoms with Crippen molar-refractivity contribution in [1.29, 1.82) is 0 Å². The van der Waals surface area contributed by atoms with Crippen molar-refractivity contribution < 1.29 is 9.53 Å². The lowest BCUT2D eigenvalue weighted by atomic mass is 9.93. The average Bonchev–Trinajstić information content (AvgIpc) is 2.86. The van der Waals surface area contributed by atoms with Crippen molar-refractivity contribution in [1.82, 2.24) is 4.90 Å². The summed E-state index contributed by atoms with van der Waals surface area (Å²) in [5.41, 5.74) is 5.73. The van der Waals surface area contributed by atoms with E-state index in [-0.39, 0.29) is 11.9 Å². The highest BCUT2D eigenvalue weighted by molar-refractivity contribution is 7.12. The molecule has 4 nitrogen and oxygen atoms in total. The first-order chi connectivity index (χ1) is 8.67. The average molecular weight is 268 g/mol. The fourth-order valence-corrected chi connectivity index (χ4v) is 3.22. The van der Waals surface area contributed by atoms with Gasteiger partial charge in [0.1, 0.15) is 10.6 Å². The predicted octanol–water partition coefficient (Wildman–Crippen LogP) is 1.96. The van der Waals surface area contributed by atoms with Crippen molar-refractivity contribution in [2.75, 3.05) is 20.2 Å². The Morgan fingerprint density at radius 1 is 1.61 bits per heavy atom. The number of thiophene rings is 1. The van der Waals surface area contributed by atoms with Crippen LogP contribution in [0.15, 0.2) is 11.4 Å². The second-order valence-corrected chi connectivity index (χ2v) is 5.72. The Morgan fingerprint density at radius 3 is 3.06 bits per heavy atom. The molecule has 1 fully saturated rings. The number of carbonyl (C=O) groups is 1. The number of methoxy groups -OCH3 is 1. The molecule has 2 rings (SSSR count). The SMILES string of the molecule is COc1ccsc1C(=O)N1CC(CN)CCC1C. The smallest absolute Gasteiger partial charge is 0.267 e. The first-order valence-electron chi connectivity index (χ1n) is 6.29. The molecule has 1 aliphatic rings.